The summed E-state index contributed by atoms with van der Waals surface area (Å²) in [6, 6.07) is 44.3. The van der Waals surface area contributed by atoms with Crippen molar-refractivity contribution in [1.82, 2.24) is 5.06 Å². The highest BCUT2D eigenvalue weighted by Crippen LogP contribution is 2.54. The van der Waals surface area contributed by atoms with Gasteiger partial charge in [0.2, 0.25) is 0 Å². The Bertz CT molecular complexity index is 1540. The number of benzene rings is 4. The molecular weight excluding hydrogens is 599 g/mol. The molecule has 1 spiro atoms. The van der Waals surface area contributed by atoms with Crippen molar-refractivity contribution in [2.45, 2.75) is 94.7 Å². The second kappa shape index (κ2) is 11.7. The first-order valence-corrected chi connectivity index (χ1v) is 20.8. The molecule has 46 heavy (non-hydrogen) atoms. The minimum absolute atomic E-state index is 0.0138. The van der Waals surface area contributed by atoms with Crippen LogP contribution in [0.1, 0.15) is 60.8 Å². The van der Waals surface area contributed by atoms with E-state index in [1.165, 1.54) is 20.7 Å². The Morgan fingerprint density at radius 2 is 0.957 bits per heavy atom. The molecule has 3 fully saturated rings. The van der Waals surface area contributed by atoms with Crippen LogP contribution in [-0.4, -0.2) is 52.1 Å². The van der Waals surface area contributed by atoms with Gasteiger partial charge >= 0.3 is 0 Å². The summed E-state index contributed by atoms with van der Waals surface area (Å²) in [5.74, 6) is 0. The number of hydrogen-bond acceptors (Lipinski definition) is 4. The topological polar surface area (TPSA) is 30.9 Å². The first-order valence-electron chi connectivity index (χ1n) is 17.0. The van der Waals surface area contributed by atoms with Crippen molar-refractivity contribution >= 4 is 37.4 Å². The van der Waals surface area contributed by atoms with Gasteiger partial charge in [0, 0.05) is 0 Å². The maximum Gasteiger partial charge on any atom is 0.261 e. The lowest BCUT2D eigenvalue weighted by molar-refractivity contribution is -0.163. The van der Waals surface area contributed by atoms with Gasteiger partial charge < -0.3 is 8.85 Å². The molecule has 0 N–H and O–H groups in total. The van der Waals surface area contributed by atoms with Crippen molar-refractivity contribution in [2.24, 2.45) is 0 Å². The first-order chi connectivity index (χ1) is 22.0. The Balaban J connectivity index is 1.40. The van der Waals surface area contributed by atoms with Gasteiger partial charge in [-0.3, -0.25) is 4.84 Å². The molecule has 240 valence electrons. The molecule has 4 nitrogen and oxygen atoms in total. The average molecular weight is 648 g/mol. The van der Waals surface area contributed by atoms with Crippen LogP contribution in [0.4, 0.5) is 0 Å². The van der Waals surface area contributed by atoms with E-state index in [2.05, 4.69) is 168 Å². The van der Waals surface area contributed by atoms with Crippen LogP contribution in [0.2, 0.25) is 10.1 Å². The zero-order valence-electron chi connectivity index (χ0n) is 28.3. The largest absolute Gasteiger partial charge is 0.400 e. The molecule has 2 saturated heterocycles. The number of hydrogen-bond donors (Lipinski definition) is 0. The normalized spacial score (nSPS) is 23.0. The Kier molecular flexibility index (Phi) is 8.06. The molecule has 0 radical (unpaired) electrons. The summed E-state index contributed by atoms with van der Waals surface area (Å²) in [5.41, 5.74) is -0.0138. The maximum absolute atomic E-state index is 8.03. The number of rotatable bonds is 8. The Morgan fingerprint density at radius 3 is 1.30 bits per heavy atom. The predicted octanol–water partition coefficient (Wildman–Crippen LogP) is 6.43. The number of nitrogens with zero attached hydrogens (tertiary/aromatic N) is 1. The van der Waals surface area contributed by atoms with Gasteiger partial charge in [0.1, 0.15) is 0 Å². The van der Waals surface area contributed by atoms with E-state index in [4.69, 9.17) is 13.7 Å². The predicted molar refractivity (Wildman–Crippen MR) is 193 cm³/mol. The summed E-state index contributed by atoms with van der Waals surface area (Å²) in [6.45, 7) is 14.9. The van der Waals surface area contributed by atoms with Crippen molar-refractivity contribution in [3.8, 4) is 0 Å². The second-order valence-corrected chi connectivity index (χ2v) is 24.2. The van der Waals surface area contributed by atoms with Crippen molar-refractivity contribution in [1.29, 1.82) is 0 Å². The monoisotopic (exact) mass is 647 g/mol. The van der Waals surface area contributed by atoms with Crippen LogP contribution in [0.5, 0.6) is 0 Å². The van der Waals surface area contributed by atoms with Gasteiger partial charge in [0.15, 0.2) is 0 Å². The summed E-state index contributed by atoms with van der Waals surface area (Å²) >= 11 is 0. The Labute approximate surface area is 277 Å². The summed E-state index contributed by atoms with van der Waals surface area (Å²) in [6.07, 6.45) is 2.96. The van der Waals surface area contributed by atoms with E-state index in [1.807, 2.05) is 0 Å². The van der Waals surface area contributed by atoms with Gasteiger partial charge in [-0.05, 0) is 50.1 Å². The lowest BCUT2D eigenvalue weighted by atomic mass is 10.0. The fourth-order valence-corrected chi connectivity index (χ4v) is 17.7. The van der Waals surface area contributed by atoms with Crippen molar-refractivity contribution < 1.29 is 13.7 Å². The van der Waals surface area contributed by atoms with E-state index in [9.17, 15) is 0 Å². The van der Waals surface area contributed by atoms with Crippen LogP contribution >= 0.6 is 0 Å². The lowest BCUT2D eigenvalue weighted by Crippen LogP contribution is -2.71. The van der Waals surface area contributed by atoms with E-state index in [1.54, 1.807) is 0 Å². The van der Waals surface area contributed by atoms with Crippen LogP contribution in [0.3, 0.4) is 0 Å². The molecule has 1 aliphatic carbocycles. The van der Waals surface area contributed by atoms with E-state index in [0.29, 0.717) is 6.54 Å². The Morgan fingerprint density at radius 1 is 0.587 bits per heavy atom. The molecule has 4 aromatic rings. The minimum Gasteiger partial charge on any atom is -0.400 e. The van der Waals surface area contributed by atoms with Gasteiger partial charge in [-0.2, -0.15) is 5.06 Å². The summed E-state index contributed by atoms with van der Waals surface area (Å²) in [4.78, 5) is 6.77. The molecule has 0 aromatic heterocycles. The van der Waals surface area contributed by atoms with Gasteiger partial charge in [-0.1, -0.05) is 163 Å². The molecule has 1 saturated carbocycles. The molecule has 4 aromatic carbocycles. The Hall–Kier alpha value is -2.85. The third-order valence-corrected chi connectivity index (χ3v) is 20.7. The van der Waals surface area contributed by atoms with Gasteiger partial charge in [-0.15, -0.1) is 0 Å². The highest BCUT2D eigenvalue weighted by Gasteiger charge is 2.64. The van der Waals surface area contributed by atoms with E-state index >= 15 is 0 Å². The summed E-state index contributed by atoms with van der Waals surface area (Å²) < 4.78 is 15.9. The second-order valence-electron chi connectivity index (χ2n) is 15.7. The van der Waals surface area contributed by atoms with Gasteiger partial charge in [0.25, 0.3) is 16.6 Å². The zero-order valence-corrected chi connectivity index (χ0v) is 30.3. The first kappa shape index (κ1) is 31.7. The molecule has 3 aliphatic rings. The zero-order chi connectivity index (χ0) is 32.2. The standard InChI is InChI=1S/C40H49NO3Si2/c1-38(2,3)45(31-19-11-7-12-20-31,32-21-13-8-14-22-32)42-36-30-41-35(29-40(44-41)27-28-40)37(36)43-46(39(4,5)6,33-23-15-9-16-24-33)34-25-17-10-18-26-34/h7-26,35-37H,27-30H2,1-6H3/t35-,36+,37+/m1/s1. The van der Waals surface area contributed by atoms with Crippen LogP contribution < -0.4 is 20.7 Å². The minimum atomic E-state index is -2.87. The quantitative estimate of drug-likeness (QED) is 0.207. The van der Waals surface area contributed by atoms with E-state index in [0.717, 1.165) is 19.3 Å². The van der Waals surface area contributed by atoms with E-state index < -0.39 is 16.6 Å². The molecule has 2 aliphatic heterocycles. The van der Waals surface area contributed by atoms with Crippen molar-refractivity contribution in [3.05, 3.63) is 121 Å². The highest BCUT2D eigenvalue weighted by atomic mass is 28.4. The maximum atomic E-state index is 8.03. The fourth-order valence-electron chi connectivity index (χ4n) is 8.33. The van der Waals surface area contributed by atoms with Crippen LogP contribution in [0, 0.1) is 0 Å². The molecule has 2 heterocycles. The van der Waals surface area contributed by atoms with Gasteiger partial charge in [-0.25, -0.2) is 0 Å². The molecule has 0 amide bonds. The van der Waals surface area contributed by atoms with Crippen molar-refractivity contribution in [3.63, 3.8) is 0 Å². The summed E-state index contributed by atoms with van der Waals surface area (Å²) in [5, 5.41) is 7.19. The SMILES string of the molecule is CC(C)(C)[Si](O[C@@H]1[C@@H](O[Si](c2ccccc2)(c2ccccc2)C(C)(C)C)CN2OC3(CC3)C[C@H]12)(c1ccccc1)c1ccccc1. The number of hydroxylamine groups is 2. The van der Waals surface area contributed by atoms with Crippen molar-refractivity contribution in [2.75, 3.05) is 6.54 Å². The third-order valence-electron chi connectivity index (χ3n) is 10.6. The molecule has 3 atom stereocenters. The molecule has 0 bridgehead atoms. The fraction of sp³-hybridized carbons (Fsp3) is 0.400. The third kappa shape index (κ3) is 5.28. The van der Waals surface area contributed by atoms with Crippen LogP contribution in [0.25, 0.3) is 0 Å². The number of fused-ring (bicyclic) bond motifs is 1. The van der Waals surface area contributed by atoms with Crippen LogP contribution in [-0.2, 0) is 13.7 Å². The molecule has 6 heteroatoms. The average Bonchev–Trinajstić information content (AvgIpc) is 3.62. The van der Waals surface area contributed by atoms with Gasteiger partial charge in [0.05, 0.1) is 30.4 Å². The molecule has 0 unspecified atom stereocenters. The summed E-state index contributed by atoms with van der Waals surface area (Å²) in [7, 11) is -5.72. The lowest BCUT2D eigenvalue weighted by Gasteiger charge is -2.48. The van der Waals surface area contributed by atoms with E-state index in [-0.39, 0.29) is 33.9 Å². The smallest absolute Gasteiger partial charge is 0.261 e. The molecular formula is C40H49NO3Si2. The molecule has 7 rings (SSSR count). The highest BCUT2D eigenvalue weighted by molar-refractivity contribution is 7.00. The van der Waals surface area contributed by atoms with Crippen LogP contribution in [0.15, 0.2) is 121 Å².